The molecule has 192 valence electrons. The highest BCUT2D eigenvalue weighted by Gasteiger charge is 2.16. The van der Waals surface area contributed by atoms with Crippen LogP contribution in [0, 0.1) is 41.5 Å². The quantitative estimate of drug-likeness (QED) is 0.220. The van der Waals surface area contributed by atoms with E-state index in [1.54, 1.807) is 0 Å². The molecule has 0 unspecified atom stereocenters. The predicted molar refractivity (Wildman–Crippen MR) is 155 cm³/mol. The zero-order chi connectivity index (χ0) is 27.0. The van der Waals surface area contributed by atoms with Crippen LogP contribution < -0.4 is 11.5 Å². The molecule has 0 amide bonds. The van der Waals surface area contributed by atoms with Crippen LogP contribution in [0.3, 0.4) is 0 Å². The topological polar surface area (TPSA) is 92.5 Å². The van der Waals surface area contributed by atoms with Crippen LogP contribution >= 0.6 is 0 Å². The van der Waals surface area contributed by atoms with Crippen molar-refractivity contribution in [3.63, 3.8) is 0 Å². The lowest BCUT2D eigenvalue weighted by Gasteiger charge is -2.16. The Balaban J connectivity index is 1.67. The van der Waals surface area contributed by atoms with Gasteiger partial charge in [0.15, 0.2) is 0 Å². The van der Waals surface area contributed by atoms with Crippen molar-refractivity contribution in [1.82, 2.24) is 0 Å². The summed E-state index contributed by atoms with van der Waals surface area (Å²) in [6.45, 7) is 12.1. The van der Waals surface area contributed by atoms with Gasteiger partial charge in [0.25, 0.3) is 0 Å². The van der Waals surface area contributed by atoms with E-state index in [0.29, 0.717) is 19.3 Å². The molecule has 0 aliphatic rings. The Morgan fingerprint density at radius 3 is 1.03 bits per heavy atom. The molecule has 0 heterocycles. The van der Waals surface area contributed by atoms with Crippen molar-refractivity contribution < 1.29 is 10.2 Å². The number of phenolic OH excluding ortho intramolecular Hbond substituents is 2. The van der Waals surface area contributed by atoms with Gasteiger partial charge in [-0.1, -0.05) is 59.7 Å². The summed E-state index contributed by atoms with van der Waals surface area (Å²) in [5.74, 6) is 0.565. The zero-order valence-corrected chi connectivity index (χ0v) is 22.8. The van der Waals surface area contributed by atoms with E-state index in [0.717, 1.165) is 78.1 Å². The van der Waals surface area contributed by atoms with Gasteiger partial charge in [-0.25, -0.2) is 0 Å². The third-order valence-electron chi connectivity index (χ3n) is 7.30. The average molecular weight is 495 g/mol. The molecule has 0 fully saturated rings. The van der Waals surface area contributed by atoms with Crippen LogP contribution in [0.15, 0.2) is 48.5 Å². The Labute approximate surface area is 220 Å². The molecule has 4 nitrogen and oxygen atoms in total. The van der Waals surface area contributed by atoms with Crippen LogP contribution in [0.4, 0.5) is 11.4 Å². The van der Waals surface area contributed by atoms with E-state index in [2.05, 4.69) is 24.3 Å². The lowest BCUT2D eigenvalue weighted by Crippen LogP contribution is -2.01. The molecule has 4 aromatic carbocycles. The van der Waals surface area contributed by atoms with E-state index >= 15 is 0 Å². The minimum atomic E-state index is 0.282. The number of hydrogen-bond acceptors (Lipinski definition) is 4. The number of phenols is 2. The van der Waals surface area contributed by atoms with Gasteiger partial charge < -0.3 is 21.7 Å². The first-order valence-corrected chi connectivity index (χ1v) is 12.8. The molecule has 0 saturated carbocycles. The van der Waals surface area contributed by atoms with E-state index in [1.165, 1.54) is 0 Å². The minimum absolute atomic E-state index is 0.282. The molecule has 0 radical (unpaired) electrons. The van der Waals surface area contributed by atoms with E-state index in [4.69, 9.17) is 11.5 Å². The van der Waals surface area contributed by atoms with Crippen molar-refractivity contribution in [1.29, 1.82) is 0 Å². The Hall–Kier alpha value is -3.92. The molecule has 37 heavy (non-hydrogen) atoms. The van der Waals surface area contributed by atoms with Gasteiger partial charge in [0.05, 0.1) is 0 Å². The summed E-state index contributed by atoms with van der Waals surface area (Å²) in [4.78, 5) is 0. The van der Waals surface area contributed by atoms with Crippen LogP contribution in [0.25, 0.3) is 0 Å². The molecule has 0 aliphatic heterocycles. The minimum Gasteiger partial charge on any atom is -0.507 e. The Kier molecular flexibility index (Phi) is 7.22. The summed E-state index contributed by atoms with van der Waals surface area (Å²) < 4.78 is 0. The summed E-state index contributed by atoms with van der Waals surface area (Å²) in [5, 5.41) is 22.5. The molecule has 4 aromatic rings. The van der Waals surface area contributed by atoms with Gasteiger partial charge in [0.2, 0.25) is 0 Å². The van der Waals surface area contributed by atoms with Crippen LogP contribution in [0.5, 0.6) is 11.5 Å². The highest BCUT2D eigenvalue weighted by molar-refractivity contribution is 5.58. The molecule has 0 aliphatic carbocycles. The van der Waals surface area contributed by atoms with Crippen LogP contribution in [0.1, 0.15) is 66.8 Å². The monoisotopic (exact) mass is 494 g/mol. The van der Waals surface area contributed by atoms with Crippen molar-refractivity contribution in [2.45, 2.75) is 60.8 Å². The predicted octanol–water partition coefficient (Wildman–Crippen LogP) is 6.89. The third kappa shape index (κ3) is 5.59. The third-order valence-corrected chi connectivity index (χ3v) is 7.30. The summed E-state index contributed by atoms with van der Waals surface area (Å²) in [6, 6.07) is 16.4. The number of aryl methyl sites for hydroxylation is 6. The van der Waals surface area contributed by atoms with Crippen LogP contribution in [0.2, 0.25) is 0 Å². The second kappa shape index (κ2) is 10.2. The van der Waals surface area contributed by atoms with Crippen molar-refractivity contribution in [2.75, 3.05) is 11.5 Å². The maximum absolute atomic E-state index is 11.3. The van der Waals surface area contributed by atoms with Crippen molar-refractivity contribution in [3.8, 4) is 11.5 Å². The van der Waals surface area contributed by atoms with Crippen LogP contribution in [-0.4, -0.2) is 10.2 Å². The van der Waals surface area contributed by atoms with Gasteiger partial charge in [-0.3, -0.25) is 0 Å². The highest BCUT2D eigenvalue weighted by Crippen LogP contribution is 2.34. The fourth-order valence-electron chi connectivity index (χ4n) is 5.39. The zero-order valence-electron chi connectivity index (χ0n) is 22.8. The lowest BCUT2D eigenvalue weighted by molar-refractivity contribution is 0.456. The van der Waals surface area contributed by atoms with E-state index < -0.39 is 0 Å². The number of nitrogens with two attached hydrogens (primary N) is 2. The van der Waals surface area contributed by atoms with E-state index in [-0.39, 0.29) is 11.5 Å². The van der Waals surface area contributed by atoms with Crippen LogP contribution in [-0.2, 0) is 19.3 Å². The number of rotatable bonds is 6. The molecule has 0 spiro atoms. The summed E-state index contributed by atoms with van der Waals surface area (Å²) in [7, 11) is 0. The normalized spacial score (nSPS) is 11.2. The second-order valence-corrected chi connectivity index (χ2v) is 10.7. The SMILES string of the molecule is Cc1cc(Cc2cc(C)c(N)c(C)c2)c(O)c(Cc2cc(C)cc(Cc3cc(C)c(N)c(C)c3)c2O)c1. The fourth-order valence-corrected chi connectivity index (χ4v) is 5.39. The Bertz CT molecular complexity index is 1340. The molecule has 6 N–H and O–H groups in total. The molecule has 4 heteroatoms. The Morgan fingerprint density at radius 2 is 0.730 bits per heavy atom. The Morgan fingerprint density at radius 1 is 0.459 bits per heavy atom. The maximum Gasteiger partial charge on any atom is 0.122 e. The second-order valence-electron chi connectivity index (χ2n) is 10.7. The number of nitrogen functional groups attached to an aromatic ring is 2. The standard InChI is InChI=1S/C33H38N2O2/c1-18-7-26(15-24-11-20(3)30(34)21(4)12-24)32(36)28(9-18)17-29-10-19(2)8-27(33(29)37)16-25-13-22(5)31(35)23(6)14-25/h7-14,36-37H,15-17,34-35H2,1-6H3. The molecular weight excluding hydrogens is 456 g/mol. The summed E-state index contributed by atoms with van der Waals surface area (Å²) in [5.41, 5.74) is 25.8. The van der Waals surface area contributed by atoms with Crippen molar-refractivity contribution in [2.24, 2.45) is 0 Å². The van der Waals surface area contributed by atoms with Gasteiger partial charge in [-0.15, -0.1) is 0 Å². The lowest BCUT2D eigenvalue weighted by atomic mass is 9.91. The maximum atomic E-state index is 11.3. The number of benzene rings is 4. The van der Waals surface area contributed by atoms with Gasteiger partial charge >= 0.3 is 0 Å². The van der Waals surface area contributed by atoms with Crippen molar-refractivity contribution in [3.05, 3.63) is 115 Å². The first-order valence-electron chi connectivity index (χ1n) is 12.8. The molecule has 0 aromatic heterocycles. The summed E-state index contributed by atoms with van der Waals surface area (Å²) in [6.07, 6.45) is 1.67. The average Bonchev–Trinajstić information content (AvgIpc) is 2.81. The number of anilines is 2. The first kappa shape index (κ1) is 26.2. The largest absolute Gasteiger partial charge is 0.507 e. The van der Waals surface area contributed by atoms with Gasteiger partial charge in [-0.05, 0) is 97.2 Å². The molecule has 4 rings (SSSR count). The smallest absolute Gasteiger partial charge is 0.122 e. The first-order chi connectivity index (χ1) is 17.4. The molecular formula is C33H38N2O2. The summed E-state index contributed by atoms with van der Waals surface area (Å²) >= 11 is 0. The number of hydrogen-bond donors (Lipinski definition) is 4. The molecule has 0 bridgehead atoms. The van der Waals surface area contributed by atoms with Gasteiger partial charge in [-0.2, -0.15) is 0 Å². The van der Waals surface area contributed by atoms with E-state index in [1.807, 2.05) is 65.8 Å². The van der Waals surface area contributed by atoms with E-state index in [9.17, 15) is 10.2 Å². The fraction of sp³-hybridized carbons (Fsp3) is 0.273. The molecule has 0 saturated heterocycles. The van der Waals surface area contributed by atoms with Crippen molar-refractivity contribution >= 4 is 11.4 Å². The van der Waals surface area contributed by atoms with Gasteiger partial charge in [0.1, 0.15) is 11.5 Å². The highest BCUT2D eigenvalue weighted by atomic mass is 16.3. The molecule has 0 atom stereocenters. The van der Waals surface area contributed by atoms with Gasteiger partial charge in [0, 0.05) is 30.6 Å². The number of aromatic hydroxyl groups is 2.